The lowest BCUT2D eigenvalue weighted by molar-refractivity contribution is -0.145. The number of likely N-dealkylation sites (tertiary alicyclic amines) is 1. The summed E-state index contributed by atoms with van der Waals surface area (Å²) in [5.41, 5.74) is 0. The second-order valence-corrected chi connectivity index (χ2v) is 5.51. The zero-order chi connectivity index (χ0) is 14.4. The van der Waals surface area contributed by atoms with Crippen LogP contribution in [0.5, 0.6) is 0 Å². The first-order valence-corrected chi connectivity index (χ1v) is 7.23. The van der Waals surface area contributed by atoms with Crippen LogP contribution in [0.2, 0.25) is 0 Å². The van der Waals surface area contributed by atoms with Gasteiger partial charge in [0, 0.05) is 20.1 Å². The van der Waals surface area contributed by atoms with Crippen molar-refractivity contribution in [2.24, 2.45) is 5.92 Å². The maximum Gasteiger partial charge on any atom is 0.326 e. The van der Waals surface area contributed by atoms with Gasteiger partial charge in [-0.25, -0.2) is 9.59 Å². The second kappa shape index (κ2) is 7.36. The molecule has 1 aliphatic rings. The Hall–Kier alpha value is -1.26. The van der Waals surface area contributed by atoms with Crippen LogP contribution in [0.3, 0.4) is 0 Å². The summed E-state index contributed by atoms with van der Waals surface area (Å²) >= 11 is 0. The number of hydrogen-bond donors (Lipinski definition) is 1. The van der Waals surface area contributed by atoms with Crippen molar-refractivity contribution < 1.29 is 14.7 Å². The van der Waals surface area contributed by atoms with Gasteiger partial charge in [-0.15, -0.1) is 0 Å². The van der Waals surface area contributed by atoms with E-state index in [9.17, 15) is 14.7 Å². The molecular weight excluding hydrogens is 244 g/mol. The van der Waals surface area contributed by atoms with Crippen LogP contribution in [0.4, 0.5) is 4.79 Å². The summed E-state index contributed by atoms with van der Waals surface area (Å²) < 4.78 is 0. The molecule has 1 heterocycles. The van der Waals surface area contributed by atoms with Crippen LogP contribution in [-0.2, 0) is 4.79 Å². The molecule has 1 saturated heterocycles. The molecule has 0 bridgehead atoms. The summed E-state index contributed by atoms with van der Waals surface area (Å²) in [6.07, 6.45) is 4.94. The van der Waals surface area contributed by atoms with E-state index in [-0.39, 0.29) is 11.9 Å². The summed E-state index contributed by atoms with van der Waals surface area (Å²) in [4.78, 5) is 26.9. The van der Waals surface area contributed by atoms with Gasteiger partial charge in [-0.05, 0) is 25.2 Å². The quantitative estimate of drug-likeness (QED) is 0.780. The van der Waals surface area contributed by atoms with Crippen LogP contribution < -0.4 is 0 Å². The van der Waals surface area contributed by atoms with Gasteiger partial charge in [-0.2, -0.15) is 0 Å². The fourth-order valence-corrected chi connectivity index (χ4v) is 2.69. The molecule has 0 spiro atoms. The van der Waals surface area contributed by atoms with E-state index in [1.165, 1.54) is 4.90 Å². The number of nitrogens with zero attached hydrogens (tertiary/aromatic N) is 2. The van der Waals surface area contributed by atoms with E-state index in [4.69, 9.17) is 0 Å². The highest BCUT2D eigenvalue weighted by Gasteiger charge is 2.37. The van der Waals surface area contributed by atoms with E-state index in [1.54, 1.807) is 11.9 Å². The molecule has 1 aliphatic heterocycles. The molecule has 0 aromatic rings. The van der Waals surface area contributed by atoms with Gasteiger partial charge >= 0.3 is 12.0 Å². The zero-order valence-corrected chi connectivity index (χ0v) is 12.3. The van der Waals surface area contributed by atoms with Crippen molar-refractivity contribution in [3.05, 3.63) is 0 Å². The van der Waals surface area contributed by atoms with Gasteiger partial charge < -0.3 is 14.9 Å². The molecule has 1 N–H and O–H groups in total. The third kappa shape index (κ3) is 4.11. The Balaban J connectivity index is 2.64. The molecular formula is C14H26N2O3. The molecule has 1 fully saturated rings. The molecule has 5 heteroatoms. The number of rotatable bonds is 5. The van der Waals surface area contributed by atoms with Crippen molar-refractivity contribution >= 4 is 12.0 Å². The third-order valence-electron chi connectivity index (χ3n) is 3.86. The molecule has 0 aliphatic carbocycles. The molecule has 2 amide bonds. The van der Waals surface area contributed by atoms with Crippen molar-refractivity contribution in [2.45, 2.75) is 52.0 Å². The zero-order valence-electron chi connectivity index (χ0n) is 12.3. The number of unbranched alkanes of at least 4 members (excludes halogenated alkanes) is 2. The van der Waals surface area contributed by atoms with E-state index in [1.807, 2.05) is 6.92 Å². The third-order valence-corrected chi connectivity index (χ3v) is 3.86. The Morgan fingerprint density at radius 3 is 2.63 bits per heavy atom. The molecule has 19 heavy (non-hydrogen) atoms. The minimum Gasteiger partial charge on any atom is -0.480 e. The minimum atomic E-state index is -0.887. The van der Waals surface area contributed by atoms with E-state index < -0.39 is 12.0 Å². The summed E-state index contributed by atoms with van der Waals surface area (Å²) in [7, 11) is 1.76. The number of aliphatic carboxylic acids is 1. The Labute approximate surface area is 115 Å². The van der Waals surface area contributed by atoms with Crippen LogP contribution in [0, 0.1) is 5.92 Å². The average Bonchev–Trinajstić information content (AvgIpc) is 2.37. The van der Waals surface area contributed by atoms with Crippen molar-refractivity contribution in [3.8, 4) is 0 Å². The minimum absolute atomic E-state index is 0.0271. The SMILES string of the molecule is CCCCCN(C)C(=O)N1CCCC(C)C1C(=O)O. The van der Waals surface area contributed by atoms with Crippen LogP contribution in [-0.4, -0.2) is 53.1 Å². The van der Waals surface area contributed by atoms with E-state index >= 15 is 0 Å². The fourth-order valence-electron chi connectivity index (χ4n) is 2.69. The molecule has 0 aromatic heterocycles. The first-order chi connectivity index (χ1) is 8.99. The van der Waals surface area contributed by atoms with Crippen molar-refractivity contribution in [3.63, 3.8) is 0 Å². The van der Waals surface area contributed by atoms with Crippen LogP contribution in [0.1, 0.15) is 46.0 Å². The standard InChI is InChI=1S/C14H26N2O3/c1-4-5-6-9-15(3)14(19)16-10-7-8-11(2)12(16)13(17)18/h11-12H,4-10H2,1-3H3,(H,17,18). The first kappa shape index (κ1) is 15.8. The smallest absolute Gasteiger partial charge is 0.326 e. The lowest BCUT2D eigenvalue weighted by atomic mass is 9.91. The van der Waals surface area contributed by atoms with E-state index in [2.05, 4.69) is 6.92 Å². The number of carbonyl (C=O) groups excluding carboxylic acids is 1. The highest BCUT2D eigenvalue weighted by Crippen LogP contribution is 2.24. The lowest BCUT2D eigenvalue weighted by Gasteiger charge is -2.39. The van der Waals surface area contributed by atoms with E-state index in [0.717, 1.165) is 32.1 Å². The number of amides is 2. The number of hydrogen-bond acceptors (Lipinski definition) is 2. The predicted octanol–water partition coefficient (Wildman–Crippen LogP) is 2.41. The van der Waals surface area contributed by atoms with Crippen molar-refractivity contribution in [1.29, 1.82) is 0 Å². The lowest BCUT2D eigenvalue weighted by Crippen LogP contribution is -2.55. The maximum absolute atomic E-state index is 12.3. The highest BCUT2D eigenvalue weighted by molar-refractivity contribution is 5.83. The molecule has 2 unspecified atom stereocenters. The summed E-state index contributed by atoms with van der Waals surface area (Å²) in [5.74, 6) is -0.859. The van der Waals surface area contributed by atoms with Crippen LogP contribution in [0.15, 0.2) is 0 Å². The highest BCUT2D eigenvalue weighted by atomic mass is 16.4. The Morgan fingerprint density at radius 2 is 2.05 bits per heavy atom. The molecule has 0 radical (unpaired) electrons. The molecule has 5 nitrogen and oxygen atoms in total. The number of carboxylic acid groups (broad SMARTS) is 1. The summed E-state index contributed by atoms with van der Waals surface area (Å²) in [6.45, 7) is 5.28. The normalized spacial score (nSPS) is 23.2. The average molecular weight is 270 g/mol. The van der Waals surface area contributed by atoms with Gasteiger partial charge in [0.15, 0.2) is 0 Å². The van der Waals surface area contributed by atoms with Gasteiger partial charge in [0.1, 0.15) is 6.04 Å². The van der Waals surface area contributed by atoms with Gasteiger partial charge in [0.2, 0.25) is 0 Å². The van der Waals surface area contributed by atoms with Gasteiger partial charge in [0.05, 0.1) is 0 Å². The largest absolute Gasteiger partial charge is 0.480 e. The molecule has 0 saturated carbocycles. The van der Waals surface area contributed by atoms with Gasteiger partial charge in [0.25, 0.3) is 0 Å². The first-order valence-electron chi connectivity index (χ1n) is 7.23. The molecule has 0 aromatic carbocycles. The Bertz CT molecular complexity index is 320. The van der Waals surface area contributed by atoms with Gasteiger partial charge in [-0.1, -0.05) is 26.7 Å². The Kier molecular flexibility index (Phi) is 6.12. The predicted molar refractivity (Wildman–Crippen MR) is 74.1 cm³/mol. The second-order valence-electron chi connectivity index (χ2n) is 5.51. The topological polar surface area (TPSA) is 60.9 Å². The molecule has 110 valence electrons. The Morgan fingerprint density at radius 1 is 1.37 bits per heavy atom. The van der Waals surface area contributed by atoms with Crippen molar-refractivity contribution in [2.75, 3.05) is 20.1 Å². The molecule has 1 rings (SSSR count). The maximum atomic E-state index is 12.3. The van der Waals surface area contributed by atoms with Crippen molar-refractivity contribution in [1.82, 2.24) is 9.80 Å². The number of urea groups is 1. The summed E-state index contributed by atoms with van der Waals surface area (Å²) in [5, 5.41) is 9.31. The molecule has 2 atom stereocenters. The van der Waals surface area contributed by atoms with Gasteiger partial charge in [-0.3, -0.25) is 0 Å². The number of carboxylic acids is 1. The monoisotopic (exact) mass is 270 g/mol. The number of carbonyl (C=O) groups is 2. The van der Waals surface area contributed by atoms with Crippen LogP contribution in [0.25, 0.3) is 0 Å². The van der Waals surface area contributed by atoms with Crippen LogP contribution >= 0.6 is 0 Å². The number of piperidine rings is 1. The fraction of sp³-hybridized carbons (Fsp3) is 0.857. The van der Waals surface area contributed by atoms with E-state index in [0.29, 0.717) is 13.1 Å². The summed E-state index contributed by atoms with van der Waals surface area (Å²) in [6, 6.07) is -0.815.